The van der Waals surface area contributed by atoms with Crippen molar-refractivity contribution in [2.75, 3.05) is 6.54 Å². The Labute approximate surface area is 51.5 Å². The third-order valence-electron chi connectivity index (χ3n) is 1.66. The zero-order valence-electron chi connectivity index (χ0n) is 5.32. The molecular formula is C7H14N. The molecule has 1 heteroatoms. The lowest BCUT2D eigenvalue weighted by Gasteiger charge is -2.06. The third kappa shape index (κ3) is 1.83. The molecular weight excluding hydrogens is 98.1 g/mol. The number of hydrogen-bond donors (Lipinski definition) is 1. The van der Waals surface area contributed by atoms with Crippen LogP contribution in [0, 0.1) is 6.92 Å². The Hall–Kier alpha value is -0.0400. The van der Waals surface area contributed by atoms with E-state index in [2.05, 4.69) is 12.2 Å². The fraction of sp³-hybridized carbons (Fsp3) is 0.857. The maximum Gasteiger partial charge on any atom is 0.00676 e. The summed E-state index contributed by atoms with van der Waals surface area (Å²) in [7, 11) is 0. The fourth-order valence-corrected chi connectivity index (χ4v) is 1.10. The van der Waals surface area contributed by atoms with Crippen LogP contribution in [0.15, 0.2) is 0 Å². The normalized spacial score (nSPS) is 31.9. The van der Waals surface area contributed by atoms with Crippen molar-refractivity contribution in [3.8, 4) is 0 Å². The summed E-state index contributed by atoms with van der Waals surface area (Å²) in [5.41, 5.74) is 0. The summed E-state index contributed by atoms with van der Waals surface area (Å²) in [6.45, 7) is 5.12. The Morgan fingerprint density at radius 2 is 2.12 bits per heavy atom. The van der Waals surface area contributed by atoms with E-state index in [0.717, 1.165) is 0 Å². The number of nitrogens with one attached hydrogen (secondary N) is 1. The molecule has 0 saturated carbocycles. The molecule has 1 unspecified atom stereocenters. The number of hydrogen-bond acceptors (Lipinski definition) is 1. The van der Waals surface area contributed by atoms with E-state index in [1.807, 2.05) is 0 Å². The van der Waals surface area contributed by atoms with E-state index in [9.17, 15) is 0 Å². The molecule has 1 saturated heterocycles. The van der Waals surface area contributed by atoms with Gasteiger partial charge in [0.05, 0.1) is 0 Å². The quantitative estimate of drug-likeness (QED) is 0.499. The predicted molar refractivity (Wildman–Crippen MR) is 35.6 cm³/mol. The molecule has 0 amide bonds. The maximum atomic E-state index is 3.95. The smallest absolute Gasteiger partial charge is 0.00676 e. The van der Waals surface area contributed by atoms with E-state index in [1.54, 1.807) is 0 Å². The van der Waals surface area contributed by atoms with Gasteiger partial charge in [0, 0.05) is 6.04 Å². The minimum atomic E-state index is 0.525. The van der Waals surface area contributed by atoms with Gasteiger partial charge in [0.2, 0.25) is 0 Å². The standard InChI is InChI=1S/C7H14N/c1-7-5-3-2-4-6-8-7/h7-8H,1-6H2. The molecule has 8 heavy (non-hydrogen) atoms. The van der Waals surface area contributed by atoms with E-state index in [0.29, 0.717) is 6.04 Å². The Morgan fingerprint density at radius 1 is 1.25 bits per heavy atom. The molecule has 0 aromatic carbocycles. The topological polar surface area (TPSA) is 12.0 Å². The summed E-state index contributed by atoms with van der Waals surface area (Å²) >= 11 is 0. The molecule has 1 heterocycles. The molecule has 1 nitrogen and oxygen atoms in total. The highest BCUT2D eigenvalue weighted by Gasteiger charge is 2.03. The average Bonchev–Trinajstić information content (AvgIpc) is 1.94. The molecule has 1 aliphatic heterocycles. The van der Waals surface area contributed by atoms with Gasteiger partial charge in [0.1, 0.15) is 0 Å². The highest BCUT2D eigenvalue weighted by molar-refractivity contribution is 4.71. The molecule has 0 aliphatic carbocycles. The second kappa shape index (κ2) is 3.08. The van der Waals surface area contributed by atoms with Gasteiger partial charge >= 0.3 is 0 Å². The summed E-state index contributed by atoms with van der Waals surface area (Å²) in [6, 6.07) is 0.525. The van der Waals surface area contributed by atoms with Gasteiger partial charge in [-0.25, -0.2) is 0 Å². The first-order valence-corrected chi connectivity index (χ1v) is 3.46. The Bertz CT molecular complexity index is 53.4. The lowest BCUT2D eigenvalue weighted by molar-refractivity contribution is 0.594. The summed E-state index contributed by atoms with van der Waals surface area (Å²) < 4.78 is 0. The van der Waals surface area contributed by atoms with Crippen LogP contribution in [0.1, 0.15) is 25.7 Å². The van der Waals surface area contributed by atoms with Crippen LogP contribution in [0.2, 0.25) is 0 Å². The van der Waals surface area contributed by atoms with Crippen LogP contribution in [-0.2, 0) is 0 Å². The zero-order valence-corrected chi connectivity index (χ0v) is 5.32. The largest absolute Gasteiger partial charge is 0.314 e. The molecule has 1 atom stereocenters. The Morgan fingerprint density at radius 3 is 3.00 bits per heavy atom. The van der Waals surface area contributed by atoms with Gasteiger partial charge in [-0.1, -0.05) is 12.8 Å². The lowest BCUT2D eigenvalue weighted by Crippen LogP contribution is -2.24. The second-order valence-electron chi connectivity index (χ2n) is 2.50. The molecule has 1 N–H and O–H groups in total. The molecule has 0 aromatic heterocycles. The molecule has 0 bridgehead atoms. The van der Waals surface area contributed by atoms with Crippen LogP contribution < -0.4 is 5.32 Å². The first-order chi connectivity index (χ1) is 3.89. The molecule has 1 aliphatic rings. The van der Waals surface area contributed by atoms with Crippen molar-refractivity contribution >= 4 is 0 Å². The maximum absolute atomic E-state index is 3.95. The molecule has 47 valence electrons. The minimum Gasteiger partial charge on any atom is -0.314 e. The Kier molecular flexibility index (Phi) is 2.34. The number of rotatable bonds is 0. The van der Waals surface area contributed by atoms with Gasteiger partial charge in [-0.05, 0) is 26.3 Å². The lowest BCUT2D eigenvalue weighted by atomic mass is 10.1. The van der Waals surface area contributed by atoms with Gasteiger partial charge in [0.25, 0.3) is 0 Å². The van der Waals surface area contributed by atoms with Crippen LogP contribution in [0.25, 0.3) is 0 Å². The van der Waals surface area contributed by atoms with E-state index < -0.39 is 0 Å². The first kappa shape index (κ1) is 6.09. The van der Waals surface area contributed by atoms with Gasteiger partial charge in [0.15, 0.2) is 0 Å². The van der Waals surface area contributed by atoms with Crippen LogP contribution in [0.5, 0.6) is 0 Å². The van der Waals surface area contributed by atoms with Crippen LogP contribution in [0.4, 0.5) is 0 Å². The second-order valence-corrected chi connectivity index (χ2v) is 2.50. The molecule has 1 rings (SSSR count). The molecule has 1 radical (unpaired) electrons. The summed E-state index contributed by atoms with van der Waals surface area (Å²) in [6.07, 6.45) is 5.35. The third-order valence-corrected chi connectivity index (χ3v) is 1.66. The molecule has 1 fully saturated rings. The van der Waals surface area contributed by atoms with Crippen molar-refractivity contribution in [3.05, 3.63) is 6.92 Å². The minimum absolute atomic E-state index is 0.525. The zero-order chi connectivity index (χ0) is 5.82. The van der Waals surface area contributed by atoms with Crippen molar-refractivity contribution in [2.45, 2.75) is 31.7 Å². The van der Waals surface area contributed by atoms with Crippen LogP contribution in [-0.4, -0.2) is 12.6 Å². The predicted octanol–water partition coefficient (Wildman–Crippen LogP) is 1.35. The van der Waals surface area contributed by atoms with Crippen LogP contribution in [0.3, 0.4) is 0 Å². The van der Waals surface area contributed by atoms with Crippen molar-refractivity contribution in [2.24, 2.45) is 0 Å². The van der Waals surface area contributed by atoms with Crippen molar-refractivity contribution in [3.63, 3.8) is 0 Å². The van der Waals surface area contributed by atoms with Crippen molar-refractivity contribution in [1.29, 1.82) is 0 Å². The van der Waals surface area contributed by atoms with Crippen molar-refractivity contribution < 1.29 is 0 Å². The highest BCUT2D eigenvalue weighted by atomic mass is 14.9. The molecule has 0 spiro atoms. The summed E-state index contributed by atoms with van der Waals surface area (Å²) in [4.78, 5) is 0. The van der Waals surface area contributed by atoms with Gasteiger partial charge in [-0.2, -0.15) is 0 Å². The SMILES string of the molecule is [CH2]C1CCCCCN1. The Balaban J connectivity index is 2.17. The van der Waals surface area contributed by atoms with E-state index in [-0.39, 0.29) is 0 Å². The van der Waals surface area contributed by atoms with E-state index in [4.69, 9.17) is 0 Å². The summed E-state index contributed by atoms with van der Waals surface area (Å²) in [5, 5.41) is 3.33. The summed E-state index contributed by atoms with van der Waals surface area (Å²) in [5.74, 6) is 0. The fourth-order valence-electron chi connectivity index (χ4n) is 1.10. The van der Waals surface area contributed by atoms with E-state index >= 15 is 0 Å². The van der Waals surface area contributed by atoms with E-state index in [1.165, 1.54) is 32.2 Å². The highest BCUT2D eigenvalue weighted by Crippen LogP contribution is 2.06. The first-order valence-electron chi connectivity index (χ1n) is 3.46. The molecule has 0 aromatic rings. The van der Waals surface area contributed by atoms with Gasteiger partial charge in [-0.15, -0.1) is 0 Å². The van der Waals surface area contributed by atoms with Gasteiger partial charge in [-0.3, -0.25) is 0 Å². The average molecular weight is 112 g/mol. The van der Waals surface area contributed by atoms with Crippen molar-refractivity contribution in [1.82, 2.24) is 5.32 Å². The van der Waals surface area contributed by atoms with Gasteiger partial charge < -0.3 is 5.32 Å². The van der Waals surface area contributed by atoms with Crippen LogP contribution >= 0.6 is 0 Å². The monoisotopic (exact) mass is 112 g/mol.